The highest BCUT2D eigenvalue weighted by Crippen LogP contribution is 2.46. The Morgan fingerprint density at radius 3 is 2.77 bits per heavy atom. The molecule has 2 aromatic rings. The molecule has 2 heterocycles. The van der Waals surface area contributed by atoms with Crippen molar-refractivity contribution in [2.75, 3.05) is 5.32 Å². The highest BCUT2D eigenvalue weighted by atomic mass is 79.9. The molecule has 1 aromatic carbocycles. The van der Waals surface area contributed by atoms with E-state index in [0.29, 0.717) is 5.92 Å². The number of aromatic hydroxyl groups is 1. The van der Waals surface area contributed by atoms with E-state index in [0.717, 1.165) is 39.9 Å². The van der Waals surface area contributed by atoms with Gasteiger partial charge < -0.3 is 15.7 Å². The maximum atomic E-state index is 12.9. The van der Waals surface area contributed by atoms with Gasteiger partial charge in [0.05, 0.1) is 5.56 Å². The molecule has 2 atom stereocenters. The van der Waals surface area contributed by atoms with E-state index in [1.54, 1.807) is 29.5 Å². The van der Waals surface area contributed by atoms with E-state index in [1.165, 1.54) is 10.4 Å². The van der Waals surface area contributed by atoms with Crippen LogP contribution in [0.2, 0.25) is 0 Å². The van der Waals surface area contributed by atoms with Crippen LogP contribution in [-0.2, 0) is 12.8 Å². The van der Waals surface area contributed by atoms with Gasteiger partial charge in [-0.1, -0.05) is 36.7 Å². The number of rotatable bonds is 1. The van der Waals surface area contributed by atoms with Crippen LogP contribution in [0.3, 0.4) is 0 Å². The first kappa shape index (κ1) is 17.9. The van der Waals surface area contributed by atoms with E-state index >= 15 is 0 Å². The van der Waals surface area contributed by atoms with Gasteiger partial charge in [-0.2, -0.15) is 0 Å². The Kier molecular flexibility index (Phi) is 4.31. The molecule has 1 amide bonds. The number of hydrogen-bond donors (Lipinski definition) is 3. The minimum Gasteiger partial charge on any atom is -0.508 e. The lowest BCUT2D eigenvalue weighted by Crippen LogP contribution is -2.38. The predicted octanol–water partition coefficient (Wildman–Crippen LogP) is 5.22. The molecule has 0 fully saturated rings. The molecule has 0 radical (unpaired) electrons. The molecule has 0 bridgehead atoms. The van der Waals surface area contributed by atoms with Gasteiger partial charge in [0.2, 0.25) is 0 Å². The molecule has 3 N–H and O–H groups in total. The average molecular weight is 435 g/mol. The molecule has 0 spiro atoms. The zero-order valence-electron chi connectivity index (χ0n) is 15.1. The van der Waals surface area contributed by atoms with Gasteiger partial charge in [0.15, 0.2) is 0 Å². The SMILES string of the molecule is CC(C)(C)[C@H]1CCc2c(sc3c2C(=O)N[C@@H](c2cc(O)ccc2Br)N3)C1. The first-order valence-electron chi connectivity index (χ1n) is 8.94. The number of halogens is 1. The third-order valence-corrected chi connectivity index (χ3v) is 7.47. The Bertz CT molecular complexity index is 885. The molecule has 1 aromatic heterocycles. The number of hydrogen-bond acceptors (Lipinski definition) is 4. The van der Waals surface area contributed by atoms with Crippen LogP contribution >= 0.6 is 27.3 Å². The molecule has 0 saturated carbocycles. The van der Waals surface area contributed by atoms with E-state index in [4.69, 9.17) is 0 Å². The van der Waals surface area contributed by atoms with Gasteiger partial charge in [0, 0.05) is 14.9 Å². The molecule has 1 aliphatic carbocycles. The fraction of sp³-hybridized carbons (Fsp3) is 0.450. The van der Waals surface area contributed by atoms with Gasteiger partial charge >= 0.3 is 0 Å². The standard InChI is InChI=1S/C20H23BrN2O2S/c1-20(2,3)10-4-6-12-15(8-10)26-19-16(12)18(25)22-17(23-19)13-9-11(24)5-7-14(13)21/h5,7,9-10,17,23-24H,4,6,8H2,1-3H3,(H,22,25)/t10-,17+/m0/s1. The van der Waals surface area contributed by atoms with E-state index in [-0.39, 0.29) is 23.2 Å². The molecule has 4 nitrogen and oxygen atoms in total. The Labute approximate surface area is 166 Å². The maximum Gasteiger partial charge on any atom is 0.256 e. The lowest BCUT2D eigenvalue weighted by Gasteiger charge is -2.34. The highest BCUT2D eigenvalue weighted by molar-refractivity contribution is 9.10. The Morgan fingerprint density at radius 2 is 2.04 bits per heavy atom. The van der Waals surface area contributed by atoms with Crippen LogP contribution in [0, 0.1) is 11.3 Å². The number of nitrogens with one attached hydrogen (secondary N) is 2. The smallest absolute Gasteiger partial charge is 0.256 e. The van der Waals surface area contributed by atoms with Crippen LogP contribution in [0.4, 0.5) is 5.00 Å². The van der Waals surface area contributed by atoms with Gasteiger partial charge in [0.25, 0.3) is 5.91 Å². The summed E-state index contributed by atoms with van der Waals surface area (Å²) in [6, 6.07) is 5.09. The summed E-state index contributed by atoms with van der Waals surface area (Å²) in [7, 11) is 0. The van der Waals surface area contributed by atoms with Gasteiger partial charge in [-0.15, -0.1) is 11.3 Å². The van der Waals surface area contributed by atoms with Crippen molar-refractivity contribution in [1.82, 2.24) is 5.32 Å². The Hall–Kier alpha value is -1.53. The van der Waals surface area contributed by atoms with Crippen LogP contribution < -0.4 is 10.6 Å². The number of phenolic OH excluding ortho intramolecular Hbond substituents is 1. The number of benzene rings is 1. The van der Waals surface area contributed by atoms with Crippen LogP contribution in [-0.4, -0.2) is 11.0 Å². The number of thiophene rings is 1. The highest BCUT2D eigenvalue weighted by Gasteiger charge is 2.36. The van der Waals surface area contributed by atoms with E-state index < -0.39 is 0 Å². The van der Waals surface area contributed by atoms with Crippen molar-refractivity contribution in [3.05, 3.63) is 44.2 Å². The van der Waals surface area contributed by atoms with Crippen LogP contribution in [0.1, 0.15) is 59.7 Å². The van der Waals surface area contributed by atoms with Crippen molar-refractivity contribution in [3.8, 4) is 5.75 Å². The largest absolute Gasteiger partial charge is 0.508 e. The summed E-state index contributed by atoms with van der Waals surface area (Å²) in [5.74, 6) is 0.809. The topological polar surface area (TPSA) is 61.4 Å². The van der Waals surface area contributed by atoms with Crippen molar-refractivity contribution in [1.29, 1.82) is 0 Å². The number of carbonyl (C=O) groups is 1. The third kappa shape index (κ3) is 3.03. The van der Waals surface area contributed by atoms with E-state index in [9.17, 15) is 9.90 Å². The lowest BCUT2D eigenvalue weighted by atomic mass is 9.72. The summed E-state index contributed by atoms with van der Waals surface area (Å²) >= 11 is 5.23. The van der Waals surface area contributed by atoms with Crippen molar-refractivity contribution in [2.45, 2.75) is 46.2 Å². The Morgan fingerprint density at radius 1 is 1.27 bits per heavy atom. The second kappa shape index (κ2) is 6.27. The molecular formula is C20H23BrN2O2S. The first-order chi connectivity index (χ1) is 12.2. The summed E-state index contributed by atoms with van der Waals surface area (Å²) in [6.07, 6.45) is 2.80. The number of anilines is 1. The number of fused-ring (bicyclic) bond motifs is 3. The minimum atomic E-state index is -0.352. The minimum absolute atomic E-state index is 0.0225. The Balaban J connectivity index is 1.68. The van der Waals surface area contributed by atoms with E-state index in [2.05, 4.69) is 47.3 Å². The molecule has 6 heteroatoms. The van der Waals surface area contributed by atoms with Gasteiger partial charge in [-0.3, -0.25) is 4.79 Å². The fourth-order valence-corrected chi connectivity index (χ4v) is 5.77. The normalized spacial score (nSPS) is 22.2. The zero-order valence-corrected chi connectivity index (χ0v) is 17.6. The second-order valence-corrected chi connectivity index (χ2v) is 10.2. The number of amides is 1. The summed E-state index contributed by atoms with van der Waals surface area (Å²) in [5, 5.41) is 17.3. The van der Waals surface area contributed by atoms with Gasteiger partial charge in [0.1, 0.15) is 16.9 Å². The summed E-state index contributed by atoms with van der Waals surface area (Å²) in [5.41, 5.74) is 3.16. The monoisotopic (exact) mass is 434 g/mol. The van der Waals surface area contributed by atoms with Crippen molar-refractivity contribution in [2.24, 2.45) is 11.3 Å². The predicted molar refractivity (Wildman–Crippen MR) is 109 cm³/mol. The van der Waals surface area contributed by atoms with Gasteiger partial charge in [-0.05, 0) is 54.4 Å². The lowest BCUT2D eigenvalue weighted by molar-refractivity contribution is 0.0934. The quantitative estimate of drug-likeness (QED) is 0.576. The van der Waals surface area contributed by atoms with Gasteiger partial charge in [-0.25, -0.2) is 0 Å². The third-order valence-electron chi connectivity index (χ3n) is 5.56. The number of phenols is 1. The zero-order chi connectivity index (χ0) is 18.6. The molecule has 138 valence electrons. The van der Waals surface area contributed by atoms with Crippen LogP contribution in [0.15, 0.2) is 22.7 Å². The summed E-state index contributed by atoms with van der Waals surface area (Å²) in [6.45, 7) is 6.91. The van der Waals surface area contributed by atoms with E-state index in [1.807, 2.05) is 0 Å². The van der Waals surface area contributed by atoms with Crippen LogP contribution in [0.5, 0.6) is 5.75 Å². The fourth-order valence-electron chi connectivity index (χ4n) is 3.95. The summed E-state index contributed by atoms with van der Waals surface area (Å²) in [4.78, 5) is 14.2. The average Bonchev–Trinajstić information content (AvgIpc) is 2.94. The molecule has 1 aliphatic heterocycles. The van der Waals surface area contributed by atoms with Crippen molar-refractivity contribution >= 4 is 38.2 Å². The maximum absolute atomic E-state index is 12.9. The molecule has 0 saturated heterocycles. The molecule has 0 unspecified atom stereocenters. The van der Waals surface area contributed by atoms with Crippen LogP contribution in [0.25, 0.3) is 0 Å². The molecule has 4 rings (SSSR count). The van der Waals surface area contributed by atoms with Crippen molar-refractivity contribution < 1.29 is 9.90 Å². The van der Waals surface area contributed by atoms with Crippen molar-refractivity contribution in [3.63, 3.8) is 0 Å². The second-order valence-electron chi connectivity index (χ2n) is 8.27. The molecular weight excluding hydrogens is 412 g/mol. The summed E-state index contributed by atoms with van der Waals surface area (Å²) < 4.78 is 0.852. The first-order valence-corrected chi connectivity index (χ1v) is 10.6. The number of carbonyl (C=O) groups excluding carboxylic acids is 1. The molecule has 26 heavy (non-hydrogen) atoms. The molecule has 2 aliphatic rings.